The zero-order chi connectivity index (χ0) is 14.8. The summed E-state index contributed by atoms with van der Waals surface area (Å²) >= 11 is 1.73. The molecule has 0 spiro atoms. The van der Waals surface area contributed by atoms with Crippen molar-refractivity contribution in [2.75, 3.05) is 30.5 Å². The monoisotopic (exact) mass is 300 g/mol. The highest BCUT2D eigenvalue weighted by molar-refractivity contribution is 7.98. The van der Waals surface area contributed by atoms with Gasteiger partial charge in [0.15, 0.2) is 0 Å². The maximum Gasteiger partial charge on any atom is 0.416 e. The van der Waals surface area contributed by atoms with Crippen LogP contribution in [0.4, 0.5) is 18.9 Å². The normalized spacial score (nSPS) is 11.8. The number of hydrogen-bond acceptors (Lipinski definition) is 3. The minimum absolute atomic E-state index is 0.369. The Morgan fingerprint density at radius 2 is 2.00 bits per heavy atom. The molecule has 108 valence electrons. The average molecular weight is 300 g/mol. The standard InChI is InChI=1S/C14H15F3N2S/c1-19(7-8-20-2)13-5-6-18-12-9-10(14(15,16)17)3-4-11(12)13/h3-6,9H,7-8H2,1-2H3. The molecule has 0 N–H and O–H groups in total. The van der Waals surface area contributed by atoms with Crippen molar-refractivity contribution < 1.29 is 13.2 Å². The van der Waals surface area contributed by atoms with Gasteiger partial charge in [-0.15, -0.1) is 0 Å². The van der Waals surface area contributed by atoms with E-state index in [1.807, 2.05) is 24.3 Å². The van der Waals surface area contributed by atoms with Crippen LogP contribution in [0.5, 0.6) is 0 Å². The molecule has 0 aliphatic heterocycles. The highest BCUT2D eigenvalue weighted by Gasteiger charge is 2.30. The van der Waals surface area contributed by atoms with Gasteiger partial charge in [-0.3, -0.25) is 4.98 Å². The molecule has 2 rings (SSSR count). The van der Waals surface area contributed by atoms with Crippen molar-refractivity contribution in [3.05, 3.63) is 36.0 Å². The SMILES string of the molecule is CSCCN(C)c1ccnc2cc(C(F)(F)F)ccc12. The number of aromatic nitrogens is 1. The molecule has 0 amide bonds. The third-order valence-electron chi connectivity index (χ3n) is 3.09. The van der Waals surface area contributed by atoms with E-state index in [2.05, 4.69) is 4.98 Å². The van der Waals surface area contributed by atoms with Crippen molar-refractivity contribution >= 4 is 28.4 Å². The number of hydrogen-bond donors (Lipinski definition) is 0. The van der Waals surface area contributed by atoms with Gasteiger partial charge in [-0.1, -0.05) is 6.07 Å². The van der Waals surface area contributed by atoms with Crippen LogP contribution in [0, 0.1) is 0 Å². The van der Waals surface area contributed by atoms with Crippen LogP contribution in [0.2, 0.25) is 0 Å². The van der Waals surface area contributed by atoms with Crippen molar-refractivity contribution in [2.24, 2.45) is 0 Å². The highest BCUT2D eigenvalue weighted by atomic mass is 32.2. The summed E-state index contributed by atoms with van der Waals surface area (Å²) in [6.07, 6.45) is -0.766. The Balaban J connectivity index is 2.43. The number of fused-ring (bicyclic) bond motifs is 1. The van der Waals surface area contributed by atoms with E-state index in [1.165, 1.54) is 6.07 Å². The fourth-order valence-electron chi connectivity index (χ4n) is 1.99. The Bertz CT molecular complexity index is 598. The van der Waals surface area contributed by atoms with E-state index in [0.29, 0.717) is 5.52 Å². The van der Waals surface area contributed by atoms with Gasteiger partial charge >= 0.3 is 6.18 Å². The van der Waals surface area contributed by atoms with Crippen LogP contribution in [0.3, 0.4) is 0 Å². The van der Waals surface area contributed by atoms with Gasteiger partial charge in [0.05, 0.1) is 11.1 Å². The van der Waals surface area contributed by atoms with Crippen molar-refractivity contribution in [3.8, 4) is 0 Å². The molecular weight excluding hydrogens is 285 g/mol. The van der Waals surface area contributed by atoms with Crippen molar-refractivity contribution in [1.82, 2.24) is 4.98 Å². The van der Waals surface area contributed by atoms with Crippen LogP contribution >= 0.6 is 11.8 Å². The summed E-state index contributed by atoms with van der Waals surface area (Å²) in [5, 5.41) is 0.740. The van der Waals surface area contributed by atoms with E-state index < -0.39 is 11.7 Å². The van der Waals surface area contributed by atoms with Crippen molar-refractivity contribution in [3.63, 3.8) is 0 Å². The molecule has 1 heterocycles. The largest absolute Gasteiger partial charge is 0.416 e. The number of anilines is 1. The lowest BCUT2D eigenvalue weighted by molar-refractivity contribution is -0.137. The van der Waals surface area contributed by atoms with Crippen LogP contribution in [0.1, 0.15) is 5.56 Å². The maximum atomic E-state index is 12.7. The first-order valence-electron chi connectivity index (χ1n) is 6.09. The predicted octanol–water partition coefficient (Wildman–Crippen LogP) is 4.05. The molecule has 0 fully saturated rings. The summed E-state index contributed by atoms with van der Waals surface area (Å²) < 4.78 is 38.1. The van der Waals surface area contributed by atoms with Gasteiger partial charge in [0.2, 0.25) is 0 Å². The smallest absolute Gasteiger partial charge is 0.373 e. The lowest BCUT2D eigenvalue weighted by Crippen LogP contribution is -2.20. The average Bonchev–Trinajstić information content (AvgIpc) is 2.42. The molecule has 0 unspecified atom stereocenters. The van der Waals surface area contributed by atoms with Gasteiger partial charge in [0, 0.05) is 36.6 Å². The highest BCUT2D eigenvalue weighted by Crippen LogP contribution is 2.33. The molecule has 1 aromatic carbocycles. The van der Waals surface area contributed by atoms with Crippen LogP contribution in [0.15, 0.2) is 30.5 Å². The molecule has 0 aliphatic rings. The van der Waals surface area contributed by atoms with Crippen LogP contribution < -0.4 is 4.90 Å². The van der Waals surface area contributed by atoms with Gasteiger partial charge in [0.25, 0.3) is 0 Å². The fraction of sp³-hybridized carbons (Fsp3) is 0.357. The summed E-state index contributed by atoms with van der Waals surface area (Å²) in [7, 11) is 1.93. The summed E-state index contributed by atoms with van der Waals surface area (Å²) in [6, 6.07) is 5.53. The topological polar surface area (TPSA) is 16.1 Å². The van der Waals surface area contributed by atoms with E-state index in [-0.39, 0.29) is 0 Å². The summed E-state index contributed by atoms with van der Waals surface area (Å²) in [4.78, 5) is 6.08. The van der Waals surface area contributed by atoms with E-state index in [4.69, 9.17) is 0 Å². The Morgan fingerprint density at radius 1 is 1.25 bits per heavy atom. The number of alkyl halides is 3. The zero-order valence-corrected chi connectivity index (χ0v) is 12.1. The number of benzene rings is 1. The van der Waals surface area contributed by atoms with Crippen LogP contribution in [-0.4, -0.2) is 30.6 Å². The van der Waals surface area contributed by atoms with Gasteiger partial charge in [-0.2, -0.15) is 24.9 Å². The minimum atomic E-state index is -4.34. The number of rotatable bonds is 4. The third-order valence-corrected chi connectivity index (χ3v) is 3.68. The van der Waals surface area contributed by atoms with Crippen LogP contribution in [0.25, 0.3) is 10.9 Å². The van der Waals surface area contributed by atoms with E-state index in [9.17, 15) is 13.2 Å². The van der Waals surface area contributed by atoms with Gasteiger partial charge < -0.3 is 4.90 Å². The third kappa shape index (κ3) is 3.17. The number of pyridine rings is 1. The Morgan fingerprint density at radius 3 is 2.65 bits per heavy atom. The first-order valence-corrected chi connectivity index (χ1v) is 7.49. The van der Waals surface area contributed by atoms with Gasteiger partial charge in [0.1, 0.15) is 0 Å². The summed E-state index contributed by atoms with van der Waals surface area (Å²) in [5.74, 6) is 0.959. The van der Waals surface area contributed by atoms with Crippen LogP contribution in [-0.2, 0) is 6.18 Å². The molecule has 0 saturated heterocycles. The second-order valence-electron chi connectivity index (χ2n) is 4.47. The molecule has 1 aromatic heterocycles. The molecule has 2 aromatic rings. The Kier molecular flexibility index (Phi) is 4.42. The quantitative estimate of drug-likeness (QED) is 0.847. The summed E-state index contributed by atoms with van der Waals surface area (Å²) in [5.41, 5.74) is 0.604. The molecule has 0 saturated carbocycles. The lowest BCUT2D eigenvalue weighted by Gasteiger charge is -2.20. The number of nitrogens with zero attached hydrogens (tertiary/aromatic N) is 2. The second-order valence-corrected chi connectivity index (χ2v) is 5.46. The Labute approximate surface area is 120 Å². The molecule has 6 heteroatoms. The molecule has 20 heavy (non-hydrogen) atoms. The molecule has 2 nitrogen and oxygen atoms in total. The Hall–Kier alpha value is -1.43. The fourth-order valence-corrected chi connectivity index (χ4v) is 2.45. The lowest BCUT2D eigenvalue weighted by atomic mass is 10.1. The number of halogens is 3. The molecule has 0 atom stereocenters. The van der Waals surface area contributed by atoms with E-state index in [0.717, 1.165) is 35.5 Å². The zero-order valence-electron chi connectivity index (χ0n) is 11.2. The predicted molar refractivity (Wildman–Crippen MR) is 78.4 cm³/mol. The van der Waals surface area contributed by atoms with Crippen molar-refractivity contribution in [1.29, 1.82) is 0 Å². The molecule has 0 bridgehead atoms. The van der Waals surface area contributed by atoms with Gasteiger partial charge in [-0.05, 0) is 24.5 Å². The van der Waals surface area contributed by atoms with E-state index in [1.54, 1.807) is 18.0 Å². The molecular formula is C14H15F3N2S. The molecule has 0 radical (unpaired) electrons. The van der Waals surface area contributed by atoms with Crippen molar-refractivity contribution in [2.45, 2.75) is 6.18 Å². The first kappa shape index (κ1) is 15.0. The molecule has 0 aliphatic carbocycles. The number of thioether (sulfide) groups is 1. The first-order chi connectivity index (χ1) is 9.43. The van der Waals surface area contributed by atoms with E-state index >= 15 is 0 Å². The minimum Gasteiger partial charge on any atom is -0.373 e. The van der Waals surface area contributed by atoms with Gasteiger partial charge in [-0.25, -0.2) is 0 Å². The second kappa shape index (κ2) is 5.91. The summed E-state index contributed by atoms with van der Waals surface area (Å²) in [6.45, 7) is 0.835. The maximum absolute atomic E-state index is 12.7.